The molecule has 2 nitrogen and oxygen atoms in total. The molecule has 0 heterocycles. The Morgan fingerprint density at radius 2 is 1.70 bits per heavy atom. The highest BCUT2D eigenvalue weighted by atomic mass is 35.5. The molecule has 0 atom stereocenters. The van der Waals surface area contributed by atoms with Gasteiger partial charge in [-0.3, -0.25) is 4.79 Å². The van der Waals surface area contributed by atoms with Crippen molar-refractivity contribution in [1.29, 1.82) is 0 Å². The minimum absolute atomic E-state index is 0.153. The summed E-state index contributed by atoms with van der Waals surface area (Å²) in [5.74, 6) is -0.153. The lowest BCUT2D eigenvalue weighted by molar-refractivity contribution is 0.104. The standard InChI is InChI=1S/C19H17Cl2NO/c1-22(2)16-10-7-14(8-11-16)5-3-4-6-19(23)17-12-9-15(20)13-18(17)21/h3-13H,1-2H3/b5-3+,6-4+. The van der Waals surface area contributed by atoms with E-state index in [1.54, 1.807) is 24.3 Å². The maximum absolute atomic E-state index is 12.1. The molecular formula is C19H17Cl2NO. The Kier molecular flexibility index (Phi) is 6.03. The van der Waals surface area contributed by atoms with Gasteiger partial charge in [0, 0.05) is 30.4 Å². The monoisotopic (exact) mass is 345 g/mol. The molecule has 0 aromatic heterocycles. The number of anilines is 1. The van der Waals surface area contributed by atoms with Crippen LogP contribution in [0.15, 0.2) is 60.7 Å². The van der Waals surface area contributed by atoms with Crippen LogP contribution in [0.1, 0.15) is 15.9 Å². The maximum atomic E-state index is 12.1. The molecule has 0 radical (unpaired) electrons. The lowest BCUT2D eigenvalue weighted by Crippen LogP contribution is -2.07. The minimum Gasteiger partial charge on any atom is -0.378 e. The van der Waals surface area contributed by atoms with Crippen molar-refractivity contribution in [2.75, 3.05) is 19.0 Å². The van der Waals surface area contributed by atoms with Crippen molar-refractivity contribution in [3.63, 3.8) is 0 Å². The Morgan fingerprint density at radius 3 is 2.30 bits per heavy atom. The van der Waals surface area contributed by atoms with Gasteiger partial charge in [0.05, 0.1) is 5.02 Å². The van der Waals surface area contributed by atoms with Crippen LogP contribution in [0.5, 0.6) is 0 Å². The van der Waals surface area contributed by atoms with Crippen LogP contribution in [-0.2, 0) is 0 Å². The van der Waals surface area contributed by atoms with Crippen LogP contribution in [0.4, 0.5) is 5.69 Å². The van der Waals surface area contributed by atoms with Crippen LogP contribution in [0, 0.1) is 0 Å². The molecular weight excluding hydrogens is 329 g/mol. The number of ketones is 1. The van der Waals surface area contributed by atoms with Gasteiger partial charge in [-0.25, -0.2) is 0 Å². The Labute approximate surface area is 146 Å². The first-order valence-electron chi connectivity index (χ1n) is 7.09. The first kappa shape index (κ1) is 17.3. The van der Waals surface area contributed by atoms with Crippen LogP contribution in [0.2, 0.25) is 10.0 Å². The molecule has 0 N–H and O–H groups in total. The number of carbonyl (C=O) groups is 1. The predicted octanol–water partition coefficient (Wildman–Crippen LogP) is 5.51. The lowest BCUT2D eigenvalue weighted by atomic mass is 10.1. The fraction of sp³-hybridized carbons (Fsp3) is 0.105. The molecule has 2 aromatic rings. The summed E-state index contributed by atoms with van der Waals surface area (Å²) < 4.78 is 0. The van der Waals surface area contributed by atoms with Crippen molar-refractivity contribution in [2.45, 2.75) is 0 Å². The third-order valence-corrected chi connectivity index (χ3v) is 3.80. The van der Waals surface area contributed by atoms with E-state index in [4.69, 9.17) is 23.2 Å². The maximum Gasteiger partial charge on any atom is 0.187 e. The SMILES string of the molecule is CN(C)c1ccc(/C=C/C=C/C(=O)c2ccc(Cl)cc2Cl)cc1. The Balaban J connectivity index is 2.01. The molecule has 0 aliphatic rings. The molecule has 0 unspecified atom stereocenters. The van der Waals surface area contributed by atoms with Crippen LogP contribution >= 0.6 is 23.2 Å². The predicted molar refractivity (Wildman–Crippen MR) is 99.7 cm³/mol. The third kappa shape index (κ3) is 4.98. The molecule has 4 heteroatoms. The van der Waals surface area contributed by atoms with Gasteiger partial charge in [-0.2, -0.15) is 0 Å². The largest absolute Gasteiger partial charge is 0.378 e. The van der Waals surface area contributed by atoms with Crippen molar-refractivity contribution >= 4 is 40.7 Å². The number of hydrogen-bond donors (Lipinski definition) is 0. The van der Waals surface area contributed by atoms with E-state index in [2.05, 4.69) is 0 Å². The zero-order chi connectivity index (χ0) is 16.8. The Hall–Kier alpha value is -2.03. The van der Waals surface area contributed by atoms with Crippen molar-refractivity contribution in [3.8, 4) is 0 Å². The average Bonchev–Trinajstić information content (AvgIpc) is 2.51. The summed E-state index contributed by atoms with van der Waals surface area (Å²) in [6.07, 6.45) is 6.95. The average molecular weight is 346 g/mol. The number of rotatable bonds is 5. The van der Waals surface area contributed by atoms with Crippen molar-refractivity contribution in [1.82, 2.24) is 0 Å². The second-order valence-electron chi connectivity index (χ2n) is 5.19. The molecule has 0 spiro atoms. The Bertz CT molecular complexity index is 746. The highest BCUT2D eigenvalue weighted by Gasteiger charge is 2.06. The summed E-state index contributed by atoms with van der Waals surface area (Å²) in [5, 5.41) is 0.868. The molecule has 2 aromatic carbocycles. The van der Waals surface area contributed by atoms with E-state index in [-0.39, 0.29) is 5.78 Å². The molecule has 2 rings (SSSR count). The highest BCUT2D eigenvalue weighted by molar-refractivity contribution is 6.37. The van der Waals surface area contributed by atoms with Crippen LogP contribution in [0.3, 0.4) is 0 Å². The van der Waals surface area contributed by atoms with Gasteiger partial charge in [-0.15, -0.1) is 0 Å². The van der Waals surface area contributed by atoms with Gasteiger partial charge in [-0.1, -0.05) is 53.6 Å². The summed E-state index contributed by atoms with van der Waals surface area (Å²) in [6, 6.07) is 13.0. The minimum atomic E-state index is -0.153. The summed E-state index contributed by atoms with van der Waals surface area (Å²) in [7, 11) is 4.00. The molecule has 0 aliphatic heterocycles. The van der Waals surface area contributed by atoms with E-state index in [0.717, 1.165) is 11.3 Å². The number of nitrogens with zero attached hydrogens (tertiary/aromatic N) is 1. The number of halogens is 2. The number of hydrogen-bond acceptors (Lipinski definition) is 2. The quantitative estimate of drug-likeness (QED) is 0.404. The lowest BCUT2D eigenvalue weighted by Gasteiger charge is -2.11. The molecule has 23 heavy (non-hydrogen) atoms. The van der Waals surface area contributed by atoms with E-state index in [1.807, 2.05) is 55.4 Å². The first-order valence-corrected chi connectivity index (χ1v) is 7.84. The second kappa shape index (κ2) is 8.00. The molecule has 118 valence electrons. The molecule has 0 amide bonds. The van der Waals surface area contributed by atoms with E-state index in [9.17, 15) is 4.79 Å². The number of allylic oxidation sites excluding steroid dienone is 3. The van der Waals surface area contributed by atoms with Crippen LogP contribution < -0.4 is 4.90 Å². The number of benzene rings is 2. The van der Waals surface area contributed by atoms with Crippen LogP contribution in [-0.4, -0.2) is 19.9 Å². The summed E-state index contributed by atoms with van der Waals surface area (Å²) in [4.78, 5) is 14.1. The molecule has 0 saturated carbocycles. The molecule has 0 bridgehead atoms. The van der Waals surface area contributed by atoms with Gasteiger partial charge in [0.25, 0.3) is 0 Å². The molecule has 0 aliphatic carbocycles. The van der Waals surface area contributed by atoms with Crippen molar-refractivity contribution in [2.24, 2.45) is 0 Å². The smallest absolute Gasteiger partial charge is 0.187 e. The summed E-state index contributed by atoms with van der Waals surface area (Å²) in [5.41, 5.74) is 2.65. The molecule has 0 fully saturated rings. The van der Waals surface area contributed by atoms with Crippen molar-refractivity contribution < 1.29 is 4.79 Å². The number of carbonyl (C=O) groups excluding carboxylic acids is 1. The highest BCUT2D eigenvalue weighted by Crippen LogP contribution is 2.21. The molecule has 0 saturated heterocycles. The van der Waals surface area contributed by atoms with Gasteiger partial charge in [-0.05, 0) is 42.0 Å². The fourth-order valence-corrected chi connectivity index (χ4v) is 2.47. The zero-order valence-corrected chi connectivity index (χ0v) is 14.5. The third-order valence-electron chi connectivity index (χ3n) is 3.25. The summed E-state index contributed by atoms with van der Waals surface area (Å²) in [6.45, 7) is 0. The van der Waals surface area contributed by atoms with Crippen LogP contribution in [0.25, 0.3) is 6.08 Å². The zero-order valence-electron chi connectivity index (χ0n) is 13.0. The normalized spacial score (nSPS) is 11.3. The van der Waals surface area contributed by atoms with Gasteiger partial charge in [0.2, 0.25) is 0 Å². The van der Waals surface area contributed by atoms with E-state index in [0.29, 0.717) is 15.6 Å². The van der Waals surface area contributed by atoms with E-state index < -0.39 is 0 Å². The van der Waals surface area contributed by atoms with Gasteiger partial charge >= 0.3 is 0 Å². The van der Waals surface area contributed by atoms with Gasteiger partial charge in [0.1, 0.15) is 0 Å². The van der Waals surface area contributed by atoms with Gasteiger partial charge < -0.3 is 4.90 Å². The Morgan fingerprint density at radius 1 is 1.00 bits per heavy atom. The van der Waals surface area contributed by atoms with E-state index in [1.165, 1.54) is 6.08 Å². The first-order chi connectivity index (χ1) is 11.0. The topological polar surface area (TPSA) is 20.3 Å². The summed E-state index contributed by atoms with van der Waals surface area (Å²) >= 11 is 11.8. The van der Waals surface area contributed by atoms with E-state index >= 15 is 0 Å². The van der Waals surface area contributed by atoms with Gasteiger partial charge in [0.15, 0.2) is 5.78 Å². The van der Waals surface area contributed by atoms with Crippen molar-refractivity contribution in [3.05, 3.63) is 81.9 Å². The second-order valence-corrected chi connectivity index (χ2v) is 6.04. The fourth-order valence-electron chi connectivity index (χ4n) is 1.97.